The van der Waals surface area contributed by atoms with Crippen molar-refractivity contribution in [2.24, 2.45) is 11.1 Å². The summed E-state index contributed by atoms with van der Waals surface area (Å²) < 4.78 is 30.8. The molecule has 0 spiro atoms. The third-order valence-electron chi connectivity index (χ3n) is 6.67. The first-order valence-corrected chi connectivity index (χ1v) is 13.2. The molecule has 0 atom stereocenters. The van der Waals surface area contributed by atoms with Crippen LogP contribution in [-0.2, 0) is 20.8 Å². The van der Waals surface area contributed by atoms with Gasteiger partial charge in [-0.15, -0.1) is 0 Å². The van der Waals surface area contributed by atoms with Gasteiger partial charge < -0.3 is 35.6 Å². The minimum atomic E-state index is -0.863. The van der Waals surface area contributed by atoms with Crippen molar-refractivity contribution in [2.45, 2.75) is 19.8 Å². The SMILES string of the molecule is COc1ccc(CNc2nccc(-c3[nH]c(C4OCC(C)(C(=O)NCCN)CO4)nc3-c3ccc(F)cc3)n2)cc1. The lowest BCUT2D eigenvalue weighted by atomic mass is 9.91. The standard InChI is InChI=1S/C29H32FN7O4/c1-29(27(38)32-14-12-31)16-40-26(41-17-29)25-36-23(19-5-7-20(30)8-6-19)24(37-25)22-11-13-33-28(35-22)34-15-18-3-9-21(39-2)10-4-18/h3-11,13,26H,12,14-17,31H2,1-2H3,(H,32,38)(H,36,37)(H,33,34,35). The molecule has 2 aromatic carbocycles. The van der Waals surface area contributed by atoms with E-state index in [2.05, 4.69) is 20.6 Å². The van der Waals surface area contributed by atoms with Gasteiger partial charge in [-0.2, -0.15) is 0 Å². The summed E-state index contributed by atoms with van der Waals surface area (Å²) in [6.07, 6.45) is 0.806. The number of nitrogens with zero attached hydrogens (tertiary/aromatic N) is 3. The van der Waals surface area contributed by atoms with Crippen molar-refractivity contribution in [1.29, 1.82) is 0 Å². The van der Waals surface area contributed by atoms with Crippen LogP contribution in [0.5, 0.6) is 5.75 Å². The smallest absolute Gasteiger partial charge is 0.230 e. The third-order valence-corrected chi connectivity index (χ3v) is 6.67. The molecule has 11 nitrogen and oxygen atoms in total. The van der Waals surface area contributed by atoms with Crippen LogP contribution in [0.3, 0.4) is 0 Å². The predicted molar refractivity (Wildman–Crippen MR) is 150 cm³/mol. The normalized spacial score (nSPS) is 18.6. The van der Waals surface area contributed by atoms with E-state index in [0.29, 0.717) is 54.1 Å². The molecular formula is C29H32FN7O4. The number of benzene rings is 2. The minimum Gasteiger partial charge on any atom is -0.497 e. The van der Waals surface area contributed by atoms with Crippen LogP contribution in [0.2, 0.25) is 0 Å². The molecule has 12 heteroatoms. The summed E-state index contributed by atoms with van der Waals surface area (Å²) >= 11 is 0. The fourth-order valence-corrected chi connectivity index (χ4v) is 4.31. The lowest BCUT2D eigenvalue weighted by Gasteiger charge is -2.35. The van der Waals surface area contributed by atoms with Crippen LogP contribution < -0.4 is 21.1 Å². The van der Waals surface area contributed by atoms with Crippen molar-refractivity contribution < 1.29 is 23.4 Å². The molecule has 0 saturated carbocycles. The van der Waals surface area contributed by atoms with Gasteiger partial charge in [0.15, 0.2) is 5.82 Å². The number of carbonyl (C=O) groups excluding carboxylic acids is 1. The molecule has 3 heterocycles. The number of H-pyrrole nitrogens is 1. The number of anilines is 1. The molecule has 0 radical (unpaired) electrons. The van der Waals surface area contributed by atoms with Gasteiger partial charge in [-0.1, -0.05) is 12.1 Å². The van der Waals surface area contributed by atoms with E-state index in [4.69, 9.17) is 29.9 Å². The van der Waals surface area contributed by atoms with Crippen LogP contribution in [0.4, 0.5) is 10.3 Å². The second-order valence-electron chi connectivity index (χ2n) is 9.88. The predicted octanol–water partition coefficient (Wildman–Crippen LogP) is 3.42. The molecule has 0 aliphatic carbocycles. The van der Waals surface area contributed by atoms with E-state index < -0.39 is 11.7 Å². The van der Waals surface area contributed by atoms with E-state index >= 15 is 0 Å². The highest BCUT2D eigenvalue weighted by molar-refractivity contribution is 5.82. The molecule has 214 valence electrons. The Hall–Kier alpha value is -4.39. The van der Waals surface area contributed by atoms with Gasteiger partial charge in [-0.25, -0.2) is 19.3 Å². The Balaban J connectivity index is 1.39. The largest absolute Gasteiger partial charge is 0.497 e. The van der Waals surface area contributed by atoms with Gasteiger partial charge in [0, 0.05) is 31.4 Å². The highest BCUT2D eigenvalue weighted by atomic mass is 19.1. The Morgan fingerprint density at radius 1 is 1.12 bits per heavy atom. The summed E-state index contributed by atoms with van der Waals surface area (Å²) in [5, 5.41) is 6.02. The van der Waals surface area contributed by atoms with Crippen molar-refractivity contribution >= 4 is 11.9 Å². The lowest BCUT2D eigenvalue weighted by molar-refractivity contribution is -0.231. The van der Waals surface area contributed by atoms with E-state index in [1.54, 1.807) is 38.4 Å². The van der Waals surface area contributed by atoms with E-state index in [1.165, 1.54) is 12.1 Å². The van der Waals surface area contributed by atoms with Crippen LogP contribution >= 0.6 is 0 Å². The first-order valence-electron chi connectivity index (χ1n) is 13.2. The van der Waals surface area contributed by atoms with Gasteiger partial charge in [-0.05, 0) is 55.0 Å². The number of aromatic amines is 1. The van der Waals surface area contributed by atoms with E-state index in [-0.39, 0.29) is 24.9 Å². The van der Waals surface area contributed by atoms with E-state index in [0.717, 1.165) is 11.3 Å². The summed E-state index contributed by atoms with van der Waals surface area (Å²) in [7, 11) is 1.63. The summed E-state index contributed by atoms with van der Waals surface area (Å²) in [4.78, 5) is 29.7. The minimum absolute atomic E-state index is 0.128. The topological polar surface area (TPSA) is 149 Å². The molecule has 1 aliphatic rings. The summed E-state index contributed by atoms with van der Waals surface area (Å²) in [5.41, 5.74) is 8.05. The maximum Gasteiger partial charge on any atom is 0.230 e. The molecule has 41 heavy (non-hydrogen) atoms. The van der Waals surface area contributed by atoms with Gasteiger partial charge in [0.1, 0.15) is 11.6 Å². The number of hydrogen-bond acceptors (Lipinski definition) is 9. The number of hydrogen-bond donors (Lipinski definition) is 4. The second-order valence-corrected chi connectivity index (χ2v) is 9.88. The van der Waals surface area contributed by atoms with Gasteiger partial charge >= 0.3 is 0 Å². The number of halogens is 1. The first-order chi connectivity index (χ1) is 19.9. The maximum atomic E-state index is 13.7. The quantitative estimate of drug-likeness (QED) is 0.228. The van der Waals surface area contributed by atoms with Gasteiger partial charge in [0.25, 0.3) is 0 Å². The van der Waals surface area contributed by atoms with Crippen LogP contribution in [-0.4, -0.2) is 59.3 Å². The van der Waals surface area contributed by atoms with Crippen molar-refractivity contribution in [3.63, 3.8) is 0 Å². The molecule has 1 saturated heterocycles. The fraction of sp³-hybridized carbons (Fsp3) is 0.310. The molecule has 1 fully saturated rings. The van der Waals surface area contributed by atoms with E-state index in [1.807, 2.05) is 24.3 Å². The fourth-order valence-electron chi connectivity index (χ4n) is 4.31. The maximum absolute atomic E-state index is 13.7. The number of methoxy groups -OCH3 is 1. The second kappa shape index (κ2) is 12.4. The molecule has 5 N–H and O–H groups in total. The third kappa shape index (κ3) is 6.51. The number of aromatic nitrogens is 4. The van der Waals surface area contributed by atoms with Gasteiger partial charge in [-0.3, -0.25) is 4.79 Å². The Bertz CT molecular complexity index is 1470. The molecule has 0 bridgehead atoms. The Kier molecular flexibility index (Phi) is 8.53. The summed E-state index contributed by atoms with van der Waals surface area (Å²) in [5.74, 6) is 1.05. The zero-order chi connectivity index (χ0) is 28.8. The summed E-state index contributed by atoms with van der Waals surface area (Å²) in [6.45, 7) is 3.25. The Labute approximate surface area is 236 Å². The van der Waals surface area contributed by atoms with Gasteiger partial charge in [0.05, 0.1) is 42.8 Å². The molecule has 1 aliphatic heterocycles. The molecule has 4 aromatic rings. The van der Waals surface area contributed by atoms with Crippen molar-refractivity contribution in [3.8, 4) is 28.4 Å². The number of rotatable bonds is 10. The number of carbonyl (C=O) groups is 1. The van der Waals surface area contributed by atoms with Crippen LogP contribution in [0.25, 0.3) is 22.6 Å². The van der Waals surface area contributed by atoms with Crippen LogP contribution in [0, 0.1) is 11.2 Å². The molecule has 0 unspecified atom stereocenters. The molecule has 2 aromatic heterocycles. The Morgan fingerprint density at radius 2 is 1.85 bits per heavy atom. The highest BCUT2D eigenvalue weighted by Crippen LogP contribution is 2.35. The summed E-state index contributed by atoms with van der Waals surface area (Å²) in [6, 6.07) is 15.5. The molecule has 1 amide bonds. The average molecular weight is 562 g/mol. The zero-order valence-electron chi connectivity index (χ0n) is 22.8. The van der Waals surface area contributed by atoms with Crippen LogP contribution in [0.15, 0.2) is 60.8 Å². The number of nitrogens with one attached hydrogen (secondary N) is 3. The molecular weight excluding hydrogens is 529 g/mol. The Morgan fingerprint density at radius 3 is 2.54 bits per heavy atom. The van der Waals surface area contributed by atoms with Crippen LogP contribution in [0.1, 0.15) is 24.6 Å². The highest BCUT2D eigenvalue weighted by Gasteiger charge is 2.40. The lowest BCUT2D eigenvalue weighted by Crippen LogP contribution is -2.49. The van der Waals surface area contributed by atoms with Gasteiger partial charge in [0.2, 0.25) is 18.1 Å². The molecule has 5 rings (SSSR count). The number of nitrogens with two attached hydrogens (primary N) is 1. The van der Waals surface area contributed by atoms with Crippen molar-refractivity contribution in [1.82, 2.24) is 25.3 Å². The van der Waals surface area contributed by atoms with Crippen molar-refractivity contribution in [3.05, 3.63) is 78.0 Å². The number of amides is 1. The monoisotopic (exact) mass is 561 g/mol. The number of ether oxygens (including phenoxy) is 3. The average Bonchev–Trinajstić information content (AvgIpc) is 3.45. The zero-order valence-corrected chi connectivity index (χ0v) is 22.8. The number of imidazole rings is 1. The van der Waals surface area contributed by atoms with Crippen molar-refractivity contribution in [2.75, 3.05) is 38.7 Å². The first kappa shape index (κ1) is 28.1. The van der Waals surface area contributed by atoms with E-state index in [9.17, 15) is 9.18 Å².